The van der Waals surface area contributed by atoms with Gasteiger partial charge in [-0.3, -0.25) is 9.69 Å². The minimum atomic E-state index is -4.46. The molecule has 21 heavy (non-hydrogen) atoms. The van der Waals surface area contributed by atoms with E-state index in [-0.39, 0.29) is 12.4 Å². The molecule has 1 aliphatic heterocycles. The molecule has 0 bridgehead atoms. The van der Waals surface area contributed by atoms with E-state index in [1.165, 1.54) is 18.2 Å². The number of nitrogens with zero attached hydrogens (tertiary/aromatic N) is 1. The third kappa shape index (κ3) is 3.87. The quantitative estimate of drug-likeness (QED) is 0.908. The van der Waals surface area contributed by atoms with E-state index in [0.29, 0.717) is 19.5 Å². The maximum atomic E-state index is 12.8. The Morgan fingerprint density at radius 1 is 1.38 bits per heavy atom. The molecule has 1 atom stereocenters. The summed E-state index contributed by atoms with van der Waals surface area (Å²) in [5.41, 5.74) is -0.818. The normalized spacial score (nSPS) is 19.7. The number of hydrogen-bond donors (Lipinski definition) is 1. The monoisotopic (exact) mass is 303 g/mol. The highest BCUT2D eigenvalue weighted by atomic mass is 19.4. The third-order valence-corrected chi connectivity index (χ3v) is 3.48. The molecule has 0 aromatic heterocycles. The number of para-hydroxylation sites is 1. The number of ether oxygens (including phenoxy) is 1. The van der Waals surface area contributed by atoms with E-state index in [2.05, 4.69) is 0 Å². The van der Waals surface area contributed by atoms with Crippen molar-refractivity contribution in [2.45, 2.75) is 25.1 Å². The van der Waals surface area contributed by atoms with Gasteiger partial charge in [-0.05, 0) is 31.5 Å². The van der Waals surface area contributed by atoms with Gasteiger partial charge in [-0.1, -0.05) is 12.1 Å². The van der Waals surface area contributed by atoms with Crippen LogP contribution < -0.4 is 4.74 Å². The van der Waals surface area contributed by atoms with E-state index >= 15 is 0 Å². The van der Waals surface area contributed by atoms with Crippen molar-refractivity contribution in [3.63, 3.8) is 0 Å². The molecular weight excluding hydrogens is 287 g/mol. The number of alkyl halides is 3. The van der Waals surface area contributed by atoms with E-state index in [4.69, 9.17) is 9.84 Å². The molecule has 1 aromatic carbocycles. The number of halogens is 3. The second-order valence-corrected chi connectivity index (χ2v) is 4.87. The van der Waals surface area contributed by atoms with Crippen LogP contribution in [-0.4, -0.2) is 41.7 Å². The molecule has 7 heteroatoms. The lowest BCUT2D eigenvalue weighted by Gasteiger charge is -2.21. The van der Waals surface area contributed by atoms with E-state index < -0.39 is 23.8 Å². The van der Waals surface area contributed by atoms with E-state index in [1.54, 1.807) is 4.90 Å². The molecule has 1 fully saturated rings. The van der Waals surface area contributed by atoms with Gasteiger partial charge >= 0.3 is 12.1 Å². The molecule has 1 saturated heterocycles. The van der Waals surface area contributed by atoms with Crippen LogP contribution in [0.2, 0.25) is 0 Å². The summed E-state index contributed by atoms with van der Waals surface area (Å²) in [5, 5.41) is 9.02. The van der Waals surface area contributed by atoms with Gasteiger partial charge in [-0.25, -0.2) is 0 Å². The Balaban J connectivity index is 1.94. The molecule has 1 N–H and O–H groups in total. The lowest BCUT2D eigenvalue weighted by Crippen LogP contribution is -2.38. The first kappa shape index (κ1) is 15.6. The molecular formula is C14H16F3NO3. The summed E-state index contributed by atoms with van der Waals surface area (Å²) in [6.45, 7) is 0.946. The Kier molecular flexibility index (Phi) is 4.72. The summed E-state index contributed by atoms with van der Waals surface area (Å²) in [4.78, 5) is 12.7. The van der Waals surface area contributed by atoms with Gasteiger partial charge in [0.25, 0.3) is 0 Å². The fraction of sp³-hybridized carbons (Fsp3) is 0.500. The SMILES string of the molecule is O=C(O)[C@@H]1CCCN1CCOc1ccccc1C(F)(F)F. The number of carboxylic acids is 1. The highest BCUT2D eigenvalue weighted by Gasteiger charge is 2.34. The largest absolute Gasteiger partial charge is 0.492 e. The van der Waals surface area contributed by atoms with E-state index in [9.17, 15) is 18.0 Å². The van der Waals surface area contributed by atoms with Crippen LogP contribution in [0.4, 0.5) is 13.2 Å². The molecule has 116 valence electrons. The lowest BCUT2D eigenvalue weighted by atomic mass is 10.2. The van der Waals surface area contributed by atoms with Gasteiger partial charge < -0.3 is 9.84 Å². The maximum absolute atomic E-state index is 12.8. The van der Waals surface area contributed by atoms with E-state index in [1.807, 2.05) is 0 Å². The topological polar surface area (TPSA) is 49.8 Å². The van der Waals surface area contributed by atoms with Crippen LogP contribution >= 0.6 is 0 Å². The summed E-state index contributed by atoms with van der Waals surface area (Å²) in [6, 6.07) is 4.44. The van der Waals surface area contributed by atoms with Crippen molar-refractivity contribution in [2.24, 2.45) is 0 Å². The van der Waals surface area contributed by atoms with Crippen molar-refractivity contribution in [3.8, 4) is 5.75 Å². The average molecular weight is 303 g/mol. The lowest BCUT2D eigenvalue weighted by molar-refractivity contribution is -0.142. The molecule has 0 aliphatic carbocycles. The molecule has 0 spiro atoms. The number of benzene rings is 1. The number of carboxylic acid groups (broad SMARTS) is 1. The average Bonchev–Trinajstić information content (AvgIpc) is 2.87. The molecule has 0 radical (unpaired) electrons. The number of rotatable bonds is 5. The highest BCUT2D eigenvalue weighted by molar-refractivity contribution is 5.73. The van der Waals surface area contributed by atoms with Crippen LogP contribution in [-0.2, 0) is 11.0 Å². The smallest absolute Gasteiger partial charge is 0.419 e. The molecule has 0 saturated carbocycles. The van der Waals surface area contributed by atoms with Crippen molar-refractivity contribution < 1.29 is 27.8 Å². The van der Waals surface area contributed by atoms with Crippen LogP contribution in [0.25, 0.3) is 0 Å². The van der Waals surface area contributed by atoms with Gasteiger partial charge in [0.15, 0.2) is 0 Å². The first-order valence-electron chi connectivity index (χ1n) is 6.65. The van der Waals surface area contributed by atoms with Crippen molar-refractivity contribution in [2.75, 3.05) is 19.7 Å². The number of aliphatic carboxylic acids is 1. The van der Waals surface area contributed by atoms with Crippen molar-refractivity contribution >= 4 is 5.97 Å². The van der Waals surface area contributed by atoms with Crippen molar-refractivity contribution in [1.82, 2.24) is 4.90 Å². The standard InChI is InChI=1S/C14H16F3NO3/c15-14(16,17)10-4-1-2-6-12(10)21-9-8-18-7-3-5-11(18)13(19)20/h1-2,4,6,11H,3,5,7-9H2,(H,19,20)/t11-/m0/s1. The number of hydrogen-bond acceptors (Lipinski definition) is 3. The predicted octanol–water partition coefficient (Wildman–Crippen LogP) is 2.63. The minimum Gasteiger partial charge on any atom is -0.492 e. The zero-order valence-corrected chi connectivity index (χ0v) is 11.3. The second-order valence-electron chi connectivity index (χ2n) is 4.87. The van der Waals surface area contributed by atoms with Gasteiger partial charge in [0.1, 0.15) is 18.4 Å². The zero-order chi connectivity index (χ0) is 15.5. The van der Waals surface area contributed by atoms with Gasteiger partial charge in [0.2, 0.25) is 0 Å². The van der Waals surface area contributed by atoms with Crippen LogP contribution in [0.3, 0.4) is 0 Å². The van der Waals surface area contributed by atoms with Gasteiger partial charge in [0.05, 0.1) is 5.56 Å². The summed E-state index contributed by atoms with van der Waals surface area (Å²) >= 11 is 0. The van der Waals surface area contributed by atoms with Crippen molar-refractivity contribution in [1.29, 1.82) is 0 Å². The minimum absolute atomic E-state index is 0.0247. The fourth-order valence-corrected chi connectivity index (χ4v) is 2.47. The first-order valence-corrected chi connectivity index (χ1v) is 6.65. The number of carbonyl (C=O) groups is 1. The van der Waals surface area contributed by atoms with Gasteiger partial charge in [-0.2, -0.15) is 13.2 Å². The molecule has 0 unspecified atom stereocenters. The third-order valence-electron chi connectivity index (χ3n) is 3.48. The predicted molar refractivity (Wildman–Crippen MR) is 69.2 cm³/mol. The highest BCUT2D eigenvalue weighted by Crippen LogP contribution is 2.35. The maximum Gasteiger partial charge on any atom is 0.419 e. The van der Waals surface area contributed by atoms with E-state index in [0.717, 1.165) is 12.5 Å². The fourth-order valence-electron chi connectivity index (χ4n) is 2.47. The molecule has 4 nitrogen and oxygen atoms in total. The summed E-state index contributed by atoms with van der Waals surface area (Å²) in [5.74, 6) is -1.13. The Morgan fingerprint density at radius 3 is 2.76 bits per heavy atom. The second kappa shape index (κ2) is 6.34. The summed E-state index contributed by atoms with van der Waals surface area (Å²) in [7, 11) is 0. The molecule has 1 heterocycles. The first-order chi connectivity index (χ1) is 9.89. The molecule has 1 aliphatic rings. The summed E-state index contributed by atoms with van der Waals surface area (Å²) in [6.07, 6.45) is -3.13. The van der Waals surface area contributed by atoms with Crippen LogP contribution in [0.15, 0.2) is 24.3 Å². The van der Waals surface area contributed by atoms with Crippen LogP contribution in [0.1, 0.15) is 18.4 Å². The zero-order valence-electron chi connectivity index (χ0n) is 11.3. The Labute approximate surface area is 120 Å². The van der Waals surface area contributed by atoms with Gasteiger partial charge in [-0.15, -0.1) is 0 Å². The van der Waals surface area contributed by atoms with Gasteiger partial charge in [0, 0.05) is 6.54 Å². The molecule has 2 rings (SSSR count). The van der Waals surface area contributed by atoms with Crippen LogP contribution in [0, 0.1) is 0 Å². The Morgan fingerprint density at radius 2 is 2.10 bits per heavy atom. The summed E-state index contributed by atoms with van der Waals surface area (Å²) < 4.78 is 43.5. The van der Waals surface area contributed by atoms with Crippen LogP contribution in [0.5, 0.6) is 5.75 Å². The van der Waals surface area contributed by atoms with Crippen molar-refractivity contribution in [3.05, 3.63) is 29.8 Å². The Hall–Kier alpha value is -1.76. The molecule has 1 aromatic rings. The number of likely N-dealkylation sites (tertiary alicyclic amines) is 1. The Bertz CT molecular complexity index is 504. The molecule has 0 amide bonds.